The standard InChI is InChI=1S/C18H14ClFN2O3S/c1-24-14-7-11(8-15-17(23)22-18(21)26-15)6-13(19)16(14)25-9-10-2-4-12(20)5-3-10/h2-8H,9H2,1H3,(H2,21,22,23)/b15-8-. The van der Waals surface area contributed by atoms with Crippen molar-refractivity contribution in [3.8, 4) is 11.5 Å². The zero-order chi connectivity index (χ0) is 18.7. The van der Waals surface area contributed by atoms with Crippen LogP contribution in [0.1, 0.15) is 11.1 Å². The second-order valence-corrected chi connectivity index (χ2v) is 6.78. The molecule has 134 valence electrons. The highest BCUT2D eigenvalue weighted by Crippen LogP contribution is 2.38. The molecule has 1 aliphatic heterocycles. The topological polar surface area (TPSA) is 73.9 Å². The Labute approximate surface area is 158 Å². The number of carbonyl (C=O) groups excluding carboxylic acids is 1. The van der Waals surface area contributed by atoms with E-state index in [1.54, 1.807) is 30.3 Å². The molecular formula is C18H14ClFN2O3S. The number of rotatable bonds is 5. The summed E-state index contributed by atoms with van der Waals surface area (Å²) in [7, 11) is 1.49. The van der Waals surface area contributed by atoms with Gasteiger partial charge in [0.15, 0.2) is 16.7 Å². The summed E-state index contributed by atoms with van der Waals surface area (Å²) >= 11 is 7.41. The van der Waals surface area contributed by atoms with Gasteiger partial charge in [-0.3, -0.25) is 4.79 Å². The molecule has 1 heterocycles. The number of nitrogens with zero attached hydrogens (tertiary/aromatic N) is 1. The molecule has 0 spiro atoms. The molecule has 0 unspecified atom stereocenters. The third-order valence-corrected chi connectivity index (χ3v) is 4.58. The number of amides is 1. The van der Waals surface area contributed by atoms with Crippen molar-refractivity contribution in [3.05, 3.63) is 63.3 Å². The van der Waals surface area contributed by atoms with E-state index >= 15 is 0 Å². The molecule has 0 aliphatic carbocycles. The van der Waals surface area contributed by atoms with Crippen molar-refractivity contribution < 1.29 is 18.7 Å². The van der Waals surface area contributed by atoms with E-state index in [1.165, 1.54) is 19.2 Å². The first-order valence-electron chi connectivity index (χ1n) is 7.49. The lowest BCUT2D eigenvalue weighted by Crippen LogP contribution is -2.01. The van der Waals surface area contributed by atoms with Crippen LogP contribution in [-0.2, 0) is 11.4 Å². The third kappa shape index (κ3) is 4.17. The summed E-state index contributed by atoms with van der Waals surface area (Å²) in [5, 5.41) is 0.529. The minimum Gasteiger partial charge on any atom is -0.493 e. The van der Waals surface area contributed by atoms with Gasteiger partial charge in [-0.25, -0.2) is 4.39 Å². The first kappa shape index (κ1) is 18.3. The number of nitrogens with two attached hydrogens (primary N) is 1. The van der Waals surface area contributed by atoms with Crippen molar-refractivity contribution in [1.29, 1.82) is 0 Å². The van der Waals surface area contributed by atoms with Gasteiger partial charge < -0.3 is 15.2 Å². The fraction of sp³-hybridized carbons (Fsp3) is 0.111. The molecule has 1 aliphatic rings. The van der Waals surface area contributed by atoms with E-state index in [0.29, 0.717) is 27.0 Å². The summed E-state index contributed by atoms with van der Waals surface area (Å²) in [5.41, 5.74) is 6.98. The Bertz CT molecular complexity index is 913. The lowest BCUT2D eigenvalue weighted by molar-refractivity contribution is -0.113. The van der Waals surface area contributed by atoms with Crippen molar-refractivity contribution in [2.45, 2.75) is 6.61 Å². The lowest BCUT2D eigenvalue weighted by Gasteiger charge is -2.13. The molecule has 2 aromatic carbocycles. The van der Waals surface area contributed by atoms with E-state index in [0.717, 1.165) is 17.3 Å². The molecule has 3 rings (SSSR count). The van der Waals surface area contributed by atoms with Crippen molar-refractivity contribution in [3.63, 3.8) is 0 Å². The predicted octanol–water partition coefficient (Wildman–Crippen LogP) is 4.00. The van der Waals surface area contributed by atoms with Gasteiger partial charge in [-0.05, 0) is 53.2 Å². The van der Waals surface area contributed by atoms with Gasteiger partial charge in [-0.1, -0.05) is 23.7 Å². The number of hydrogen-bond donors (Lipinski definition) is 1. The Hall–Kier alpha value is -2.51. The Morgan fingerprint density at radius 3 is 2.65 bits per heavy atom. The van der Waals surface area contributed by atoms with Crippen LogP contribution < -0.4 is 15.2 Å². The number of aliphatic imine (C=N–C) groups is 1. The van der Waals surface area contributed by atoms with E-state index in [1.807, 2.05) is 0 Å². The summed E-state index contributed by atoms with van der Waals surface area (Å²) in [4.78, 5) is 15.8. The zero-order valence-electron chi connectivity index (χ0n) is 13.7. The van der Waals surface area contributed by atoms with Gasteiger partial charge in [0, 0.05) is 0 Å². The first-order valence-corrected chi connectivity index (χ1v) is 8.68. The average molecular weight is 393 g/mol. The summed E-state index contributed by atoms with van der Waals surface area (Å²) in [6.07, 6.45) is 1.63. The molecule has 2 aromatic rings. The lowest BCUT2D eigenvalue weighted by atomic mass is 10.1. The molecule has 0 aromatic heterocycles. The van der Waals surface area contributed by atoms with Crippen LogP contribution in [0.5, 0.6) is 11.5 Å². The molecule has 0 atom stereocenters. The molecule has 1 amide bonds. The van der Waals surface area contributed by atoms with Crippen molar-refractivity contribution in [2.24, 2.45) is 10.7 Å². The summed E-state index contributed by atoms with van der Waals surface area (Å²) in [5.74, 6) is 0.0718. The number of hydrogen-bond acceptors (Lipinski definition) is 5. The second kappa shape index (κ2) is 7.80. The van der Waals surface area contributed by atoms with Crippen molar-refractivity contribution in [2.75, 3.05) is 7.11 Å². The fourth-order valence-corrected chi connectivity index (χ4v) is 3.23. The smallest absolute Gasteiger partial charge is 0.286 e. The van der Waals surface area contributed by atoms with Crippen molar-refractivity contribution >= 4 is 40.5 Å². The van der Waals surface area contributed by atoms with E-state index in [-0.39, 0.29) is 23.5 Å². The number of carbonyl (C=O) groups is 1. The van der Waals surface area contributed by atoms with Crippen molar-refractivity contribution in [1.82, 2.24) is 0 Å². The van der Waals surface area contributed by atoms with Gasteiger partial charge in [0.2, 0.25) is 0 Å². The molecule has 8 heteroatoms. The normalized spacial score (nSPS) is 15.3. The van der Waals surface area contributed by atoms with Crippen LogP contribution in [0.3, 0.4) is 0 Å². The predicted molar refractivity (Wildman–Crippen MR) is 101 cm³/mol. The number of halogens is 2. The summed E-state index contributed by atoms with van der Waals surface area (Å²) in [6.45, 7) is 0.204. The molecule has 0 saturated heterocycles. The van der Waals surface area contributed by atoms with Crippen LogP contribution in [0.4, 0.5) is 4.39 Å². The number of amidine groups is 1. The average Bonchev–Trinajstić information content (AvgIpc) is 2.92. The highest BCUT2D eigenvalue weighted by molar-refractivity contribution is 8.18. The monoisotopic (exact) mass is 392 g/mol. The largest absolute Gasteiger partial charge is 0.493 e. The molecule has 26 heavy (non-hydrogen) atoms. The van der Waals surface area contributed by atoms with E-state index in [4.69, 9.17) is 26.8 Å². The van der Waals surface area contributed by atoms with E-state index in [9.17, 15) is 9.18 Å². The quantitative estimate of drug-likeness (QED) is 0.778. The minimum absolute atomic E-state index is 0.204. The number of thioether (sulfide) groups is 1. The van der Waals surface area contributed by atoms with Gasteiger partial charge in [0.05, 0.1) is 17.0 Å². The zero-order valence-corrected chi connectivity index (χ0v) is 15.2. The van der Waals surface area contributed by atoms with Crippen LogP contribution in [0.15, 0.2) is 46.3 Å². The van der Waals surface area contributed by atoms with Gasteiger partial charge >= 0.3 is 0 Å². The summed E-state index contributed by atoms with van der Waals surface area (Å²) in [6, 6.07) is 9.32. The highest BCUT2D eigenvalue weighted by Gasteiger charge is 2.20. The third-order valence-electron chi connectivity index (χ3n) is 3.48. The van der Waals surface area contributed by atoms with Gasteiger partial charge in [-0.2, -0.15) is 4.99 Å². The minimum atomic E-state index is -0.390. The van der Waals surface area contributed by atoms with E-state index in [2.05, 4.69) is 4.99 Å². The molecular weight excluding hydrogens is 379 g/mol. The maximum absolute atomic E-state index is 13.0. The number of methoxy groups -OCH3 is 1. The highest BCUT2D eigenvalue weighted by atomic mass is 35.5. The SMILES string of the molecule is COc1cc(/C=C2\SC(N)=NC2=O)cc(Cl)c1OCc1ccc(F)cc1. The Morgan fingerprint density at radius 1 is 1.31 bits per heavy atom. The first-order chi connectivity index (χ1) is 12.5. The second-order valence-electron chi connectivity index (χ2n) is 5.32. The van der Waals surface area contributed by atoms with Gasteiger partial charge in [-0.15, -0.1) is 0 Å². The van der Waals surface area contributed by atoms with Crippen LogP contribution >= 0.6 is 23.4 Å². The molecule has 0 fully saturated rings. The molecule has 5 nitrogen and oxygen atoms in total. The molecule has 0 saturated carbocycles. The Balaban J connectivity index is 1.82. The van der Waals surface area contributed by atoms with E-state index < -0.39 is 0 Å². The van der Waals surface area contributed by atoms with Gasteiger partial charge in [0.25, 0.3) is 5.91 Å². The van der Waals surface area contributed by atoms with Crippen LogP contribution in [0, 0.1) is 5.82 Å². The number of ether oxygens (including phenoxy) is 2. The van der Waals surface area contributed by atoms with Crippen LogP contribution in [-0.4, -0.2) is 18.2 Å². The fourth-order valence-electron chi connectivity index (χ4n) is 2.28. The maximum Gasteiger partial charge on any atom is 0.286 e. The Kier molecular flexibility index (Phi) is 5.49. The maximum atomic E-state index is 13.0. The van der Waals surface area contributed by atoms with Crippen LogP contribution in [0.2, 0.25) is 5.02 Å². The van der Waals surface area contributed by atoms with Crippen LogP contribution in [0.25, 0.3) is 6.08 Å². The molecule has 2 N–H and O–H groups in total. The number of benzene rings is 2. The van der Waals surface area contributed by atoms with Gasteiger partial charge in [0.1, 0.15) is 12.4 Å². The summed E-state index contributed by atoms with van der Waals surface area (Å²) < 4.78 is 24.0. The Morgan fingerprint density at radius 2 is 2.04 bits per heavy atom. The molecule has 0 bridgehead atoms. The molecule has 0 radical (unpaired) electrons.